The zero-order valence-corrected chi connectivity index (χ0v) is 13.5. The molecule has 0 saturated heterocycles. The van der Waals surface area contributed by atoms with Crippen LogP contribution in [0.2, 0.25) is 0 Å². The van der Waals surface area contributed by atoms with E-state index in [0.29, 0.717) is 10.7 Å². The molecule has 0 aliphatic carbocycles. The molecule has 0 spiro atoms. The molecule has 2 aromatic rings. The summed E-state index contributed by atoms with van der Waals surface area (Å²) in [6.07, 6.45) is 0. The summed E-state index contributed by atoms with van der Waals surface area (Å²) in [4.78, 5) is 27.8. The third kappa shape index (κ3) is 3.51. The number of nitrogens with one attached hydrogen (secondary N) is 1. The maximum absolute atomic E-state index is 12.3. The van der Waals surface area contributed by atoms with Gasteiger partial charge in [0.25, 0.3) is 0 Å². The molecule has 0 aliphatic rings. The summed E-state index contributed by atoms with van der Waals surface area (Å²) in [6.45, 7) is 5.30. The van der Waals surface area contributed by atoms with Crippen LogP contribution in [0.15, 0.2) is 30.3 Å². The van der Waals surface area contributed by atoms with E-state index in [-0.39, 0.29) is 22.7 Å². The highest BCUT2D eigenvalue weighted by Crippen LogP contribution is 2.24. The van der Waals surface area contributed by atoms with Crippen LogP contribution in [-0.4, -0.2) is 22.0 Å². The third-order valence-electron chi connectivity index (χ3n) is 3.43. The number of carbonyl (C=O) groups excluding carboxylic acids is 1. The SMILES string of the molecule is Cc1nc(C(C)NC(=O)[C@@H](C)c2ccccc2)sc1C(=O)O. The highest BCUT2D eigenvalue weighted by Gasteiger charge is 2.21. The number of thiazole rings is 1. The minimum absolute atomic E-state index is 0.108. The summed E-state index contributed by atoms with van der Waals surface area (Å²) in [6, 6.07) is 9.19. The Labute approximate surface area is 133 Å². The van der Waals surface area contributed by atoms with E-state index in [9.17, 15) is 9.59 Å². The maximum atomic E-state index is 12.3. The molecule has 5 nitrogen and oxygen atoms in total. The Morgan fingerprint density at radius 2 is 1.86 bits per heavy atom. The number of hydrogen-bond donors (Lipinski definition) is 2. The van der Waals surface area contributed by atoms with Crippen molar-refractivity contribution in [2.24, 2.45) is 0 Å². The predicted octanol–water partition coefficient (Wildman–Crippen LogP) is 3.13. The van der Waals surface area contributed by atoms with Crippen molar-refractivity contribution in [3.63, 3.8) is 0 Å². The lowest BCUT2D eigenvalue weighted by Crippen LogP contribution is -2.30. The van der Waals surface area contributed by atoms with E-state index in [1.807, 2.05) is 37.3 Å². The summed E-state index contributed by atoms with van der Waals surface area (Å²) in [5.41, 5.74) is 1.42. The van der Waals surface area contributed by atoms with Crippen LogP contribution >= 0.6 is 11.3 Å². The van der Waals surface area contributed by atoms with Gasteiger partial charge in [-0.05, 0) is 26.3 Å². The number of aryl methyl sites for hydroxylation is 1. The molecule has 1 amide bonds. The van der Waals surface area contributed by atoms with Crippen molar-refractivity contribution in [2.45, 2.75) is 32.7 Å². The highest BCUT2D eigenvalue weighted by molar-refractivity contribution is 7.13. The van der Waals surface area contributed by atoms with Gasteiger partial charge in [0.2, 0.25) is 5.91 Å². The van der Waals surface area contributed by atoms with Crippen molar-refractivity contribution < 1.29 is 14.7 Å². The summed E-state index contributed by atoms with van der Waals surface area (Å²) < 4.78 is 0. The molecule has 1 aromatic carbocycles. The van der Waals surface area contributed by atoms with Crippen LogP contribution in [0.25, 0.3) is 0 Å². The molecule has 1 unspecified atom stereocenters. The molecule has 2 N–H and O–H groups in total. The Morgan fingerprint density at radius 3 is 2.41 bits per heavy atom. The van der Waals surface area contributed by atoms with Gasteiger partial charge in [-0.2, -0.15) is 0 Å². The maximum Gasteiger partial charge on any atom is 0.347 e. The van der Waals surface area contributed by atoms with E-state index < -0.39 is 5.97 Å². The molecule has 2 atom stereocenters. The van der Waals surface area contributed by atoms with Crippen molar-refractivity contribution in [2.75, 3.05) is 0 Å². The van der Waals surface area contributed by atoms with Gasteiger partial charge < -0.3 is 10.4 Å². The van der Waals surface area contributed by atoms with Gasteiger partial charge >= 0.3 is 5.97 Å². The number of aromatic nitrogens is 1. The van der Waals surface area contributed by atoms with E-state index in [1.54, 1.807) is 13.8 Å². The van der Waals surface area contributed by atoms with Gasteiger partial charge in [0.15, 0.2) is 0 Å². The van der Waals surface area contributed by atoms with E-state index in [0.717, 1.165) is 16.9 Å². The standard InChI is InChI=1S/C16H18N2O3S/c1-9(12-7-5-4-6-8-12)14(19)17-11(3)15-18-10(2)13(22-15)16(20)21/h4-9,11H,1-3H3,(H,17,19)(H,20,21)/t9-,11?/m0/s1. The van der Waals surface area contributed by atoms with Gasteiger partial charge in [0.05, 0.1) is 17.7 Å². The Kier molecular flexibility index (Phi) is 4.92. The van der Waals surface area contributed by atoms with Gasteiger partial charge in [-0.15, -0.1) is 11.3 Å². The van der Waals surface area contributed by atoms with Crippen LogP contribution in [0.5, 0.6) is 0 Å². The van der Waals surface area contributed by atoms with Crippen LogP contribution in [-0.2, 0) is 4.79 Å². The summed E-state index contributed by atoms with van der Waals surface area (Å²) >= 11 is 1.10. The van der Waals surface area contributed by atoms with E-state index in [1.165, 1.54) is 0 Å². The van der Waals surface area contributed by atoms with Crippen LogP contribution in [0, 0.1) is 6.92 Å². The fourth-order valence-corrected chi connectivity index (χ4v) is 3.00. The smallest absolute Gasteiger partial charge is 0.347 e. The first-order chi connectivity index (χ1) is 10.4. The van der Waals surface area contributed by atoms with Crippen molar-refractivity contribution in [1.29, 1.82) is 0 Å². The third-order valence-corrected chi connectivity index (χ3v) is 4.76. The largest absolute Gasteiger partial charge is 0.477 e. The predicted molar refractivity (Wildman–Crippen MR) is 85.2 cm³/mol. The molecule has 1 heterocycles. The lowest BCUT2D eigenvalue weighted by molar-refractivity contribution is -0.122. The molecule has 0 fully saturated rings. The molecule has 1 aromatic heterocycles. The Hall–Kier alpha value is -2.21. The zero-order valence-electron chi connectivity index (χ0n) is 12.7. The van der Waals surface area contributed by atoms with Crippen LogP contribution in [0.3, 0.4) is 0 Å². The molecule has 116 valence electrons. The van der Waals surface area contributed by atoms with E-state index >= 15 is 0 Å². The van der Waals surface area contributed by atoms with Crippen molar-refractivity contribution in [3.8, 4) is 0 Å². The fourth-order valence-electron chi connectivity index (χ4n) is 2.09. The molecular weight excluding hydrogens is 300 g/mol. The molecule has 0 saturated carbocycles. The number of carboxylic acids is 1. The van der Waals surface area contributed by atoms with Gasteiger partial charge in [-0.25, -0.2) is 9.78 Å². The first-order valence-electron chi connectivity index (χ1n) is 6.96. The topological polar surface area (TPSA) is 79.3 Å². The Bertz CT molecular complexity index is 682. The normalized spacial score (nSPS) is 13.4. The molecule has 0 aliphatic heterocycles. The number of hydrogen-bond acceptors (Lipinski definition) is 4. The monoisotopic (exact) mass is 318 g/mol. The molecule has 22 heavy (non-hydrogen) atoms. The summed E-state index contributed by atoms with van der Waals surface area (Å²) in [5.74, 6) is -1.37. The second-order valence-electron chi connectivity index (χ2n) is 5.13. The summed E-state index contributed by atoms with van der Waals surface area (Å²) in [7, 11) is 0. The number of carboxylic acid groups (broad SMARTS) is 1. The van der Waals surface area contributed by atoms with Crippen LogP contribution < -0.4 is 5.32 Å². The van der Waals surface area contributed by atoms with Gasteiger partial charge in [0, 0.05) is 0 Å². The van der Waals surface area contributed by atoms with Crippen LogP contribution in [0.4, 0.5) is 0 Å². The number of nitrogens with zero attached hydrogens (tertiary/aromatic N) is 1. The highest BCUT2D eigenvalue weighted by atomic mass is 32.1. The number of aromatic carboxylic acids is 1. The molecule has 6 heteroatoms. The summed E-state index contributed by atoms with van der Waals surface area (Å²) in [5, 5.41) is 12.6. The number of amides is 1. The van der Waals surface area contributed by atoms with Gasteiger partial charge in [-0.1, -0.05) is 30.3 Å². The lowest BCUT2D eigenvalue weighted by Gasteiger charge is -2.16. The second kappa shape index (κ2) is 6.70. The molecular formula is C16H18N2O3S. The Balaban J connectivity index is 2.08. The number of benzene rings is 1. The van der Waals surface area contributed by atoms with E-state index in [4.69, 9.17) is 5.11 Å². The van der Waals surface area contributed by atoms with Crippen LogP contribution in [0.1, 0.15) is 51.7 Å². The average molecular weight is 318 g/mol. The fraction of sp³-hybridized carbons (Fsp3) is 0.312. The first kappa shape index (κ1) is 16.2. The minimum Gasteiger partial charge on any atom is -0.477 e. The first-order valence-corrected chi connectivity index (χ1v) is 7.77. The lowest BCUT2D eigenvalue weighted by atomic mass is 10.0. The second-order valence-corrected chi connectivity index (χ2v) is 6.17. The quantitative estimate of drug-likeness (QED) is 0.887. The van der Waals surface area contributed by atoms with Crippen molar-refractivity contribution in [3.05, 3.63) is 51.5 Å². The van der Waals surface area contributed by atoms with Crippen molar-refractivity contribution >= 4 is 23.2 Å². The molecule has 0 radical (unpaired) electrons. The Morgan fingerprint density at radius 1 is 1.23 bits per heavy atom. The van der Waals surface area contributed by atoms with Gasteiger partial charge in [0.1, 0.15) is 9.88 Å². The number of rotatable bonds is 5. The van der Waals surface area contributed by atoms with Crippen molar-refractivity contribution in [1.82, 2.24) is 10.3 Å². The van der Waals surface area contributed by atoms with Gasteiger partial charge in [-0.3, -0.25) is 4.79 Å². The molecule has 0 bridgehead atoms. The van der Waals surface area contributed by atoms with E-state index in [2.05, 4.69) is 10.3 Å². The zero-order chi connectivity index (χ0) is 16.3. The average Bonchev–Trinajstić information content (AvgIpc) is 2.89. The number of carbonyl (C=O) groups is 2. The molecule has 2 rings (SSSR count). The minimum atomic E-state index is -0.988.